The summed E-state index contributed by atoms with van der Waals surface area (Å²) in [5, 5.41) is 3.00. The number of rotatable bonds is 7. The third-order valence-electron chi connectivity index (χ3n) is 2.28. The Kier molecular flexibility index (Phi) is 5.86. The second-order valence-corrected chi connectivity index (χ2v) is 4.20. The predicted molar refractivity (Wildman–Crippen MR) is 65.2 cm³/mol. The van der Waals surface area contributed by atoms with Gasteiger partial charge in [-0.25, -0.2) is 4.39 Å². The molecule has 0 aliphatic heterocycles. The smallest absolute Gasteiger partial charge is 0.146 e. The minimum Gasteiger partial charge on any atom is -0.380 e. The van der Waals surface area contributed by atoms with Gasteiger partial charge in [0.25, 0.3) is 0 Å². The molecule has 0 aliphatic carbocycles. The van der Waals surface area contributed by atoms with Crippen LogP contribution in [0.25, 0.3) is 0 Å². The number of para-hydroxylation sites is 1. The molecule has 0 atom stereocenters. The summed E-state index contributed by atoms with van der Waals surface area (Å²) >= 11 is 0. The van der Waals surface area contributed by atoms with E-state index in [1.165, 1.54) is 6.07 Å². The molecule has 0 radical (unpaired) electrons. The van der Waals surface area contributed by atoms with E-state index in [0.717, 1.165) is 13.0 Å². The SMILES string of the molecule is CC(C)CCOCCNc1ccccc1F. The lowest BCUT2D eigenvalue weighted by atomic mass is 10.1. The van der Waals surface area contributed by atoms with Crippen molar-refractivity contribution in [1.29, 1.82) is 0 Å². The normalized spacial score (nSPS) is 10.8. The lowest BCUT2D eigenvalue weighted by molar-refractivity contribution is 0.132. The number of benzene rings is 1. The van der Waals surface area contributed by atoms with Crippen LogP contribution in [0.4, 0.5) is 10.1 Å². The highest BCUT2D eigenvalue weighted by Crippen LogP contribution is 2.11. The van der Waals surface area contributed by atoms with E-state index in [1.807, 2.05) is 6.07 Å². The van der Waals surface area contributed by atoms with Gasteiger partial charge in [-0.15, -0.1) is 0 Å². The second-order valence-electron chi connectivity index (χ2n) is 4.20. The maximum atomic E-state index is 13.2. The van der Waals surface area contributed by atoms with Crippen molar-refractivity contribution in [2.45, 2.75) is 20.3 Å². The largest absolute Gasteiger partial charge is 0.380 e. The first-order chi connectivity index (χ1) is 7.70. The lowest BCUT2D eigenvalue weighted by Crippen LogP contribution is -2.11. The van der Waals surface area contributed by atoms with Gasteiger partial charge < -0.3 is 10.1 Å². The Morgan fingerprint density at radius 1 is 1.25 bits per heavy atom. The molecule has 0 saturated carbocycles. The summed E-state index contributed by atoms with van der Waals surface area (Å²) < 4.78 is 18.6. The Morgan fingerprint density at radius 2 is 2.00 bits per heavy atom. The van der Waals surface area contributed by atoms with Crippen LogP contribution in [-0.2, 0) is 4.74 Å². The zero-order chi connectivity index (χ0) is 11.8. The molecule has 1 rings (SSSR count). The number of ether oxygens (including phenoxy) is 1. The average Bonchev–Trinajstić information content (AvgIpc) is 2.25. The van der Waals surface area contributed by atoms with Gasteiger partial charge in [0.05, 0.1) is 12.3 Å². The molecule has 0 fully saturated rings. The Balaban J connectivity index is 2.10. The number of hydrogen-bond acceptors (Lipinski definition) is 2. The molecule has 0 heterocycles. The van der Waals surface area contributed by atoms with Gasteiger partial charge in [0.2, 0.25) is 0 Å². The summed E-state index contributed by atoms with van der Waals surface area (Å²) in [6.07, 6.45) is 1.07. The molecular formula is C13H20FNO. The van der Waals surface area contributed by atoms with Gasteiger partial charge in [-0.2, -0.15) is 0 Å². The molecule has 2 nitrogen and oxygen atoms in total. The van der Waals surface area contributed by atoms with Crippen LogP contribution in [0, 0.1) is 11.7 Å². The van der Waals surface area contributed by atoms with Crippen LogP contribution in [-0.4, -0.2) is 19.8 Å². The van der Waals surface area contributed by atoms with Gasteiger partial charge in [0, 0.05) is 13.2 Å². The Labute approximate surface area is 96.8 Å². The highest BCUT2D eigenvalue weighted by atomic mass is 19.1. The molecule has 3 heteroatoms. The number of nitrogens with one attached hydrogen (secondary N) is 1. The Hall–Kier alpha value is -1.09. The molecule has 0 spiro atoms. The van der Waals surface area contributed by atoms with Gasteiger partial charge in [0.15, 0.2) is 0 Å². The van der Waals surface area contributed by atoms with E-state index in [1.54, 1.807) is 12.1 Å². The Bertz CT molecular complexity index is 302. The highest BCUT2D eigenvalue weighted by molar-refractivity contribution is 5.44. The fraction of sp³-hybridized carbons (Fsp3) is 0.538. The topological polar surface area (TPSA) is 21.3 Å². The van der Waals surface area contributed by atoms with Crippen molar-refractivity contribution in [3.63, 3.8) is 0 Å². The molecule has 16 heavy (non-hydrogen) atoms. The summed E-state index contributed by atoms with van der Waals surface area (Å²) in [6.45, 7) is 6.36. The molecular weight excluding hydrogens is 205 g/mol. The van der Waals surface area contributed by atoms with Crippen LogP contribution in [0.3, 0.4) is 0 Å². The average molecular weight is 225 g/mol. The second kappa shape index (κ2) is 7.23. The van der Waals surface area contributed by atoms with Crippen molar-refractivity contribution in [3.8, 4) is 0 Å². The fourth-order valence-corrected chi connectivity index (χ4v) is 1.28. The summed E-state index contributed by atoms with van der Waals surface area (Å²) in [4.78, 5) is 0. The van der Waals surface area contributed by atoms with Crippen molar-refractivity contribution < 1.29 is 9.13 Å². The first kappa shape index (κ1) is 13.0. The van der Waals surface area contributed by atoms with Crippen molar-refractivity contribution in [3.05, 3.63) is 30.1 Å². The first-order valence-corrected chi connectivity index (χ1v) is 5.76. The fourth-order valence-electron chi connectivity index (χ4n) is 1.28. The highest BCUT2D eigenvalue weighted by Gasteiger charge is 1.98. The molecule has 0 saturated heterocycles. The van der Waals surface area contributed by atoms with Crippen LogP contribution in [0.5, 0.6) is 0 Å². The molecule has 90 valence electrons. The number of halogens is 1. The zero-order valence-electron chi connectivity index (χ0n) is 10.0. The van der Waals surface area contributed by atoms with Crippen LogP contribution in [0.2, 0.25) is 0 Å². The van der Waals surface area contributed by atoms with Gasteiger partial charge >= 0.3 is 0 Å². The van der Waals surface area contributed by atoms with E-state index in [-0.39, 0.29) is 5.82 Å². The molecule has 1 N–H and O–H groups in total. The van der Waals surface area contributed by atoms with Crippen LogP contribution >= 0.6 is 0 Å². The minimum atomic E-state index is -0.218. The first-order valence-electron chi connectivity index (χ1n) is 5.76. The molecule has 0 amide bonds. The van der Waals surface area contributed by atoms with Crippen molar-refractivity contribution in [1.82, 2.24) is 0 Å². The van der Waals surface area contributed by atoms with Gasteiger partial charge in [-0.1, -0.05) is 26.0 Å². The summed E-state index contributed by atoms with van der Waals surface area (Å²) in [5.74, 6) is 0.448. The summed E-state index contributed by atoms with van der Waals surface area (Å²) in [7, 11) is 0. The third-order valence-corrected chi connectivity index (χ3v) is 2.28. The number of hydrogen-bond donors (Lipinski definition) is 1. The zero-order valence-corrected chi connectivity index (χ0v) is 10.0. The van der Waals surface area contributed by atoms with E-state index in [0.29, 0.717) is 24.8 Å². The van der Waals surface area contributed by atoms with E-state index in [9.17, 15) is 4.39 Å². The van der Waals surface area contributed by atoms with E-state index in [4.69, 9.17) is 4.74 Å². The minimum absolute atomic E-state index is 0.218. The van der Waals surface area contributed by atoms with Crippen LogP contribution in [0.15, 0.2) is 24.3 Å². The van der Waals surface area contributed by atoms with Gasteiger partial charge in [0.1, 0.15) is 5.82 Å². The van der Waals surface area contributed by atoms with Crippen molar-refractivity contribution in [2.75, 3.05) is 25.1 Å². The molecule has 1 aromatic carbocycles. The lowest BCUT2D eigenvalue weighted by Gasteiger charge is -2.09. The maximum Gasteiger partial charge on any atom is 0.146 e. The predicted octanol–water partition coefficient (Wildman–Crippen LogP) is 3.30. The maximum absolute atomic E-state index is 13.2. The van der Waals surface area contributed by atoms with Gasteiger partial charge in [-0.05, 0) is 24.5 Å². The third kappa shape index (κ3) is 5.12. The van der Waals surface area contributed by atoms with E-state index >= 15 is 0 Å². The van der Waals surface area contributed by atoms with Crippen molar-refractivity contribution >= 4 is 5.69 Å². The van der Waals surface area contributed by atoms with Gasteiger partial charge in [-0.3, -0.25) is 0 Å². The molecule has 0 aromatic heterocycles. The quantitative estimate of drug-likeness (QED) is 0.719. The summed E-state index contributed by atoms with van der Waals surface area (Å²) in [6, 6.07) is 6.66. The Morgan fingerprint density at radius 3 is 2.69 bits per heavy atom. The molecule has 1 aromatic rings. The molecule has 0 bridgehead atoms. The molecule has 0 unspecified atom stereocenters. The van der Waals surface area contributed by atoms with Crippen LogP contribution in [0.1, 0.15) is 20.3 Å². The molecule has 0 aliphatic rings. The monoisotopic (exact) mass is 225 g/mol. The van der Waals surface area contributed by atoms with E-state index < -0.39 is 0 Å². The van der Waals surface area contributed by atoms with E-state index in [2.05, 4.69) is 19.2 Å². The summed E-state index contributed by atoms with van der Waals surface area (Å²) in [5.41, 5.74) is 0.537. The number of anilines is 1. The van der Waals surface area contributed by atoms with Crippen LogP contribution < -0.4 is 5.32 Å². The standard InChI is InChI=1S/C13H20FNO/c1-11(2)7-9-16-10-8-15-13-6-4-3-5-12(13)14/h3-6,11,15H,7-10H2,1-2H3. The van der Waals surface area contributed by atoms with Crippen molar-refractivity contribution in [2.24, 2.45) is 5.92 Å².